The quantitative estimate of drug-likeness (QED) is 0.449. The Bertz CT molecular complexity index is 212. The van der Waals surface area contributed by atoms with E-state index in [2.05, 4.69) is 17.5 Å². The van der Waals surface area contributed by atoms with Crippen molar-refractivity contribution in [2.75, 3.05) is 45.9 Å². The third-order valence-electron chi connectivity index (χ3n) is 3.78. The summed E-state index contributed by atoms with van der Waals surface area (Å²) in [6.45, 7) is 8.26. The molecular weight excluding hydrogens is 200 g/mol. The van der Waals surface area contributed by atoms with Gasteiger partial charge in [-0.2, -0.15) is 0 Å². The van der Waals surface area contributed by atoms with E-state index in [1.165, 1.54) is 52.0 Å². The number of allylic oxidation sites excluding steroid dienone is 2. The Morgan fingerprint density at radius 1 is 1.25 bits per heavy atom. The first-order chi connectivity index (χ1) is 7.95. The van der Waals surface area contributed by atoms with E-state index in [0.717, 1.165) is 19.1 Å². The van der Waals surface area contributed by atoms with Crippen molar-refractivity contribution in [1.29, 1.82) is 0 Å². The minimum atomic E-state index is 0.935. The maximum Gasteiger partial charge on any atom is 0.127 e. The van der Waals surface area contributed by atoms with Gasteiger partial charge < -0.3 is 15.0 Å². The molecule has 0 spiro atoms. The molecule has 16 heavy (non-hydrogen) atoms. The summed E-state index contributed by atoms with van der Waals surface area (Å²) in [7, 11) is 0. The van der Waals surface area contributed by atoms with Crippen LogP contribution in [0.3, 0.4) is 0 Å². The molecule has 3 N–H and O–H groups in total. The van der Waals surface area contributed by atoms with Gasteiger partial charge in [-0.05, 0) is 19.3 Å². The van der Waals surface area contributed by atoms with Crippen LogP contribution in [0.1, 0.15) is 19.3 Å². The van der Waals surface area contributed by atoms with Gasteiger partial charge in [-0.1, -0.05) is 12.2 Å². The number of nitrogens with one attached hydrogen (secondary N) is 1. The largest absolute Gasteiger partial charge is 0.370 e. The molecule has 0 bridgehead atoms. The highest BCUT2D eigenvalue weighted by Crippen LogP contribution is 2.15. The number of rotatable bonds is 5. The smallest absolute Gasteiger partial charge is 0.127 e. The topological polar surface area (TPSA) is 30.3 Å². The molecule has 0 aromatic heterocycles. The van der Waals surface area contributed by atoms with Gasteiger partial charge in [0.1, 0.15) is 26.2 Å². The summed E-state index contributed by atoms with van der Waals surface area (Å²) in [5.41, 5.74) is 0. The van der Waals surface area contributed by atoms with E-state index in [1.54, 1.807) is 4.90 Å². The summed E-state index contributed by atoms with van der Waals surface area (Å²) < 4.78 is 5.36. The van der Waals surface area contributed by atoms with Crippen molar-refractivity contribution in [3.63, 3.8) is 0 Å². The predicted molar refractivity (Wildman–Crippen MR) is 64.5 cm³/mol. The first kappa shape index (κ1) is 12.1. The number of quaternary nitrogens is 2. The molecular formula is C13H26N2O+2. The normalized spacial score (nSPS) is 27.1. The van der Waals surface area contributed by atoms with Crippen LogP contribution in [0.2, 0.25) is 0 Å². The molecule has 3 nitrogen and oxygen atoms in total. The van der Waals surface area contributed by atoms with Crippen LogP contribution in [0.4, 0.5) is 0 Å². The van der Waals surface area contributed by atoms with Crippen LogP contribution >= 0.6 is 0 Å². The molecule has 0 aromatic rings. The Kier molecular flexibility index (Phi) is 5.32. The zero-order valence-corrected chi connectivity index (χ0v) is 10.3. The zero-order valence-electron chi connectivity index (χ0n) is 10.3. The number of hydrogen-bond donors (Lipinski definition) is 2. The lowest BCUT2D eigenvalue weighted by Gasteiger charge is -2.23. The Morgan fingerprint density at radius 3 is 2.88 bits per heavy atom. The van der Waals surface area contributed by atoms with Crippen molar-refractivity contribution in [1.82, 2.24) is 0 Å². The molecule has 0 saturated carbocycles. The molecule has 1 aliphatic carbocycles. The SMILES string of the molecule is C1=CC[C@@H](C[NH2+]CC[NH+]2CCOCC2)CC1. The summed E-state index contributed by atoms with van der Waals surface area (Å²) in [6.07, 6.45) is 8.69. The third-order valence-corrected chi connectivity index (χ3v) is 3.78. The van der Waals surface area contributed by atoms with Crippen molar-refractivity contribution in [2.24, 2.45) is 5.92 Å². The van der Waals surface area contributed by atoms with Crippen molar-refractivity contribution in [2.45, 2.75) is 19.3 Å². The molecule has 1 heterocycles. The van der Waals surface area contributed by atoms with Gasteiger partial charge in [0.2, 0.25) is 0 Å². The molecule has 1 atom stereocenters. The van der Waals surface area contributed by atoms with Crippen LogP contribution in [0.5, 0.6) is 0 Å². The van der Waals surface area contributed by atoms with Gasteiger partial charge in [0, 0.05) is 5.92 Å². The molecule has 92 valence electrons. The van der Waals surface area contributed by atoms with E-state index in [1.807, 2.05) is 0 Å². The lowest BCUT2D eigenvalue weighted by Crippen LogP contribution is -3.16. The van der Waals surface area contributed by atoms with Crippen LogP contribution in [-0.2, 0) is 4.74 Å². The minimum Gasteiger partial charge on any atom is -0.370 e. The van der Waals surface area contributed by atoms with Crippen LogP contribution in [-0.4, -0.2) is 45.9 Å². The fraction of sp³-hybridized carbons (Fsp3) is 0.846. The average molecular weight is 226 g/mol. The number of hydrogen-bond acceptors (Lipinski definition) is 1. The first-order valence-corrected chi connectivity index (χ1v) is 6.83. The van der Waals surface area contributed by atoms with Gasteiger partial charge in [-0.25, -0.2) is 0 Å². The van der Waals surface area contributed by atoms with Gasteiger partial charge in [0.15, 0.2) is 0 Å². The van der Waals surface area contributed by atoms with E-state index >= 15 is 0 Å². The minimum absolute atomic E-state index is 0.935. The predicted octanol–water partition coefficient (Wildman–Crippen LogP) is -1.18. The molecule has 2 rings (SSSR count). The number of nitrogens with two attached hydrogens (primary N) is 1. The second kappa shape index (κ2) is 7.05. The lowest BCUT2D eigenvalue weighted by atomic mass is 9.94. The van der Waals surface area contributed by atoms with Crippen LogP contribution in [0, 0.1) is 5.92 Å². The molecule has 0 unspecified atom stereocenters. The van der Waals surface area contributed by atoms with Gasteiger partial charge in [0.25, 0.3) is 0 Å². The molecule has 1 fully saturated rings. The fourth-order valence-electron chi connectivity index (χ4n) is 2.64. The molecule has 1 aliphatic heterocycles. The van der Waals surface area contributed by atoms with Crippen LogP contribution < -0.4 is 10.2 Å². The number of morpholine rings is 1. The van der Waals surface area contributed by atoms with Crippen molar-refractivity contribution < 1.29 is 15.0 Å². The average Bonchev–Trinajstić information content (AvgIpc) is 2.37. The van der Waals surface area contributed by atoms with Crippen molar-refractivity contribution in [3.8, 4) is 0 Å². The molecule has 3 heteroatoms. The first-order valence-electron chi connectivity index (χ1n) is 6.83. The standard InChI is InChI=1S/C13H24N2O/c1-2-4-13(5-3-1)12-14-6-7-15-8-10-16-11-9-15/h1-2,13-14H,3-12H2/p+2/t13-/m1/s1. The van der Waals surface area contributed by atoms with E-state index in [9.17, 15) is 0 Å². The summed E-state index contributed by atoms with van der Waals surface area (Å²) in [4.78, 5) is 1.73. The second-order valence-electron chi connectivity index (χ2n) is 5.08. The summed E-state index contributed by atoms with van der Waals surface area (Å²) >= 11 is 0. The van der Waals surface area contributed by atoms with Gasteiger partial charge in [-0.3, -0.25) is 0 Å². The monoisotopic (exact) mass is 226 g/mol. The van der Waals surface area contributed by atoms with Gasteiger partial charge in [0.05, 0.1) is 19.8 Å². The van der Waals surface area contributed by atoms with Gasteiger partial charge >= 0.3 is 0 Å². The summed E-state index contributed by atoms with van der Waals surface area (Å²) in [5, 5.41) is 2.52. The summed E-state index contributed by atoms with van der Waals surface area (Å²) in [6, 6.07) is 0. The molecule has 2 aliphatic rings. The molecule has 0 amide bonds. The van der Waals surface area contributed by atoms with E-state index < -0.39 is 0 Å². The Labute approximate surface area is 98.8 Å². The van der Waals surface area contributed by atoms with E-state index in [4.69, 9.17) is 4.74 Å². The second-order valence-corrected chi connectivity index (χ2v) is 5.08. The highest BCUT2D eigenvalue weighted by atomic mass is 16.5. The van der Waals surface area contributed by atoms with E-state index in [0.29, 0.717) is 0 Å². The Hall–Kier alpha value is -0.380. The Balaban J connectivity index is 1.49. The summed E-state index contributed by atoms with van der Waals surface area (Å²) in [5.74, 6) is 0.935. The van der Waals surface area contributed by atoms with Gasteiger partial charge in [-0.15, -0.1) is 0 Å². The van der Waals surface area contributed by atoms with Crippen LogP contribution in [0.25, 0.3) is 0 Å². The highest BCUT2D eigenvalue weighted by molar-refractivity contribution is 4.89. The number of ether oxygens (including phenoxy) is 1. The van der Waals surface area contributed by atoms with E-state index in [-0.39, 0.29) is 0 Å². The maximum atomic E-state index is 5.36. The Morgan fingerprint density at radius 2 is 2.12 bits per heavy atom. The van der Waals surface area contributed by atoms with Crippen molar-refractivity contribution in [3.05, 3.63) is 12.2 Å². The van der Waals surface area contributed by atoms with Crippen molar-refractivity contribution >= 4 is 0 Å². The molecule has 1 saturated heterocycles. The maximum absolute atomic E-state index is 5.36. The third kappa shape index (κ3) is 4.24. The van der Waals surface area contributed by atoms with Crippen LogP contribution in [0.15, 0.2) is 12.2 Å². The fourth-order valence-corrected chi connectivity index (χ4v) is 2.64. The highest BCUT2D eigenvalue weighted by Gasteiger charge is 2.15. The lowest BCUT2D eigenvalue weighted by molar-refractivity contribution is -0.919. The zero-order chi connectivity index (χ0) is 11.1. The molecule has 0 radical (unpaired) electrons. The molecule has 0 aromatic carbocycles.